The van der Waals surface area contributed by atoms with Crippen LogP contribution in [0.5, 0.6) is 0 Å². The smallest absolute Gasteiger partial charge is 0.134 e. The highest BCUT2D eigenvalue weighted by molar-refractivity contribution is 5.50. The number of piperazine rings is 1. The van der Waals surface area contributed by atoms with Crippen molar-refractivity contribution < 1.29 is 0 Å². The van der Waals surface area contributed by atoms with Gasteiger partial charge in [-0.1, -0.05) is 48.6 Å². The van der Waals surface area contributed by atoms with Crippen LogP contribution in [0.1, 0.15) is 11.1 Å². The predicted octanol–water partition coefficient (Wildman–Crippen LogP) is 3.32. The number of hydrogen-bond acceptors (Lipinski definition) is 6. The second-order valence-corrected chi connectivity index (χ2v) is 7.08. The van der Waals surface area contributed by atoms with Crippen molar-refractivity contribution in [2.75, 3.05) is 42.9 Å². The Kier molecular flexibility index (Phi) is 6.45. The molecule has 0 aliphatic carbocycles. The lowest BCUT2D eigenvalue weighted by molar-refractivity contribution is 0.283. The van der Waals surface area contributed by atoms with Crippen molar-refractivity contribution in [2.24, 2.45) is 0 Å². The van der Waals surface area contributed by atoms with Crippen LogP contribution in [0.25, 0.3) is 6.08 Å². The van der Waals surface area contributed by atoms with Gasteiger partial charge in [-0.25, -0.2) is 9.97 Å². The predicted molar refractivity (Wildman–Crippen MR) is 118 cm³/mol. The first-order valence-electron chi connectivity index (χ1n) is 10.0. The van der Waals surface area contributed by atoms with Crippen molar-refractivity contribution in [3.63, 3.8) is 0 Å². The molecule has 6 heteroatoms. The zero-order valence-corrected chi connectivity index (χ0v) is 16.5. The molecule has 3 aromatic rings. The molecule has 1 aromatic carbocycles. The largest absolute Gasteiger partial charge is 0.366 e. The van der Waals surface area contributed by atoms with Gasteiger partial charge < -0.3 is 10.2 Å². The fourth-order valence-corrected chi connectivity index (χ4v) is 3.37. The van der Waals surface area contributed by atoms with E-state index in [4.69, 9.17) is 0 Å². The molecule has 29 heavy (non-hydrogen) atoms. The topological polar surface area (TPSA) is 57.2 Å². The highest BCUT2D eigenvalue weighted by atomic mass is 15.3. The number of benzene rings is 1. The molecule has 0 unspecified atom stereocenters. The van der Waals surface area contributed by atoms with Gasteiger partial charge in [-0.3, -0.25) is 9.88 Å². The summed E-state index contributed by atoms with van der Waals surface area (Å²) in [6, 6.07) is 16.5. The third-order valence-corrected chi connectivity index (χ3v) is 5.02. The molecule has 1 N–H and O–H groups in total. The molecule has 1 saturated heterocycles. The molecule has 1 fully saturated rings. The Labute approximate surface area is 171 Å². The van der Waals surface area contributed by atoms with Gasteiger partial charge in [0.15, 0.2) is 0 Å². The van der Waals surface area contributed by atoms with Crippen molar-refractivity contribution in [2.45, 2.75) is 6.54 Å². The second kappa shape index (κ2) is 9.80. The molecule has 0 radical (unpaired) electrons. The molecule has 6 nitrogen and oxygen atoms in total. The lowest BCUT2D eigenvalue weighted by atomic mass is 10.2. The Morgan fingerprint density at radius 2 is 1.83 bits per heavy atom. The van der Waals surface area contributed by atoms with Gasteiger partial charge in [0.1, 0.15) is 18.0 Å². The molecule has 148 valence electrons. The van der Waals surface area contributed by atoms with Crippen molar-refractivity contribution in [1.82, 2.24) is 19.9 Å². The van der Waals surface area contributed by atoms with Gasteiger partial charge in [0.25, 0.3) is 0 Å². The standard InChI is InChI=1S/C23H26N6/c1-2-6-20(7-3-1)9-5-11-28-12-14-29(15-13-28)23-16-22(26-19-27-23)25-18-21-8-4-10-24-17-21/h1-10,16-17,19H,11-15,18H2,(H,25,26,27)/b9-5+. The first-order valence-corrected chi connectivity index (χ1v) is 10.0. The summed E-state index contributed by atoms with van der Waals surface area (Å²) in [5.41, 5.74) is 2.38. The van der Waals surface area contributed by atoms with E-state index in [9.17, 15) is 0 Å². The highest BCUT2D eigenvalue weighted by Crippen LogP contribution is 2.17. The van der Waals surface area contributed by atoms with Crippen molar-refractivity contribution in [1.29, 1.82) is 0 Å². The zero-order chi connectivity index (χ0) is 19.7. The number of nitrogens with zero attached hydrogens (tertiary/aromatic N) is 5. The SMILES string of the molecule is C(=C\c1ccccc1)/CN1CCN(c2cc(NCc3cccnc3)ncn2)CC1. The number of rotatable bonds is 7. The Hall–Kier alpha value is -3.25. The van der Waals surface area contributed by atoms with E-state index in [2.05, 4.69) is 66.5 Å². The van der Waals surface area contributed by atoms with Crippen molar-refractivity contribution in [3.8, 4) is 0 Å². The average Bonchev–Trinajstić information content (AvgIpc) is 2.80. The minimum absolute atomic E-state index is 0.700. The molecular weight excluding hydrogens is 360 g/mol. The van der Waals surface area contributed by atoms with Gasteiger partial charge in [-0.05, 0) is 17.2 Å². The number of hydrogen-bond donors (Lipinski definition) is 1. The minimum atomic E-state index is 0.700. The normalized spacial score (nSPS) is 15.0. The first kappa shape index (κ1) is 19.1. The van der Waals surface area contributed by atoms with Crippen molar-refractivity contribution >= 4 is 17.7 Å². The van der Waals surface area contributed by atoms with Crippen LogP contribution in [0.4, 0.5) is 11.6 Å². The fourth-order valence-electron chi connectivity index (χ4n) is 3.37. The van der Waals surface area contributed by atoms with Crippen LogP contribution in [0.3, 0.4) is 0 Å². The van der Waals surface area contributed by atoms with E-state index in [0.29, 0.717) is 6.54 Å². The van der Waals surface area contributed by atoms with Crippen LogP contribution in [-0.2, 0) is 6.54 Å². The third-order valence-electron chi connectivity index (χ3n) is 5.02. The fraction of sp³-hybridized carbons (Fsp3) is 0.261. The molecular formula is C23H26N6. The summed E-state index contributed by atoms with van der Waals surface area (Å²) in [4.78, 5) is 17.8. The van der Waals surface area contributed by atoms with E-state index >= 15 is 0 Å². The number of pyridine rings is 1. The van der Waals surface area contributed by atoms with Crippen LogP contribution in [0.2, 0.25) is 0 Å². The number of nitrogens with one attached hydrogen (secondary N) is 1. The molecule has 0 amide bonds. The van der Waals surface area contributed by atoms with Crippen LogP contribution in [0, 0.1) is 0 Å². The maximum Gasteiger partial charge on any atom is 0.134 e. The maximum absolute atomic E-state index is 4.47. The quantitative estimate of drug-likeness (QED) is 0.672. The Bertz CT molecular complexity index is 905. The molecule has 2 aromatic heterocycles. The van der Waals surface area contributed by atoms with Gasteiger partial charge >= 0.3 is 0 Å². The molecule has 0 bridgehead atoms. The summed E-state index contributed by atoms with van der Waals surface area (Å²) in [7, 11) is 0. The van der Waals surface area contributed by atoms with Gasteiger partial charge in [0.05, 0.1) is 0 Å². The Morgan fingerprint density at radius 3 is 2.62 bits per heavy atom. The van der Waals surface area contributed by atoms with E-state index in [1.165, 1.54) is 5.56 Å². The summed E-state index contributed by atoms with van der Waals surface area (Å²) in [5.74, 6) is 1.82. The zero-order valence-electron chi connectivity index (χ0n) is 16.5. The lowest BCUT2D eigenvalue weighted by Crippen LogP contribution is -2.46. The summed E-state index contributed by atoms with van der Waals surface area (Å²) in [6.07, 6.45) is 9.72. The third kappa shape index (κ3) is 5.62. The molecule has 0 spiro atoms. The minimum Gasteiger partial charge on any atom is -0.366 e. The van der Waals surface area contributed by atoms with Crippen LogP contribution >= 0.6 is 0 Å². The van der Waals surface area contributed by atoms with Gasteiger partial charge in [-0.2, -0.15) is 0 Å². The average molecular weight is 387 g/mol. The molecule has 0 saturated carbocycles. The Balaban J connectivity index is 1.26. The van der Waals surface area contributed by atoms with Crippen LogP contribution in [-0.4, -0.2) is 52.6 Å². The highest BCUT2D eigenvalue weighted by Gasteiger charge is 2.17. The lowest BCUT2D eigenvalue weighted by Gasteiger charge is -2.34. The van der Waals surface area contributed by atoms with Gasteiger partial charge in [0.2, 0.25) is 0 Å². The van der Waals surface area contributed by atoms with E-state index < -0.39 is 0 Å². The van der Waals surface area contributed by atoms with Gasteiger partial charge in [-0.15, -0.1) is 0 Å². The molecule has 1 aliphatic rings. The van der Waals surface area contributed by atoms with Crippen molar-refractivity contribution in [3.05, 3.63) is 84.5 Å². The molecule has 0 atom stereocenters. The van der Waals surface area contributed by atoms with E-state index in [1.807, 2.05) is 30.5 Å². The van der Waals surface area contributed by atoms with Crippen LogP contribution < -0.4 is 10.2 Å². The Morgan fingerprint density at radius 1 is 0.966 bits per heavy atom. The molecule has 4 rings (SSSR count). The van der Waals surface area contributed by atoms with E-state index in [0.717, 1.165) is 49.9 Å². The summed E-state index contributed by atoms with van der Waals surface area (Å²) in [5, 5.41) is 3.36. The maximum atomic E-state index is 4.47. The molecule has 1 aliphatic heterocycles. The summed E-state index contributed by atoms with van der Waals surface area (Å²) < 4.78 is 0. The first-order chi connectivity index (χ1) is 14.4. The van der Waals surface area contributed by atoms with E-state index in [-0.39, 0.29) is 0 Å². The molecule has 3 heterocycles. The monoisotopic (exact) mass is 386 g/mol. The second-order valence-electron chi connectivity index (χ2n) is 7.08. The summed E-state index contributed by atoms with van der Waals surface area (Å²) in [6.45, 7) is 5.68. The van der Waals surface area contributed by atoms with Gasteiger partial charge in [0, 0.05) is 57.7 Å². The summed E-state index contributed by atoms with van der Waals surface area (Å²) >= 11 is 0. The van der Waals surface area contributed by atoms with Crippen LogP contribution in [0.15, 0.2) is 73.3 Å². The van der Waals surface area contributed by atoms with E-state index in [1.54, 1.807) is 12.5 Å². The number of anilines is 2. The number of aromatic nitrogens is 3.